The Morgan fingerprint density at radius 1 is 1.21 bits per heavy atom. The van der Waals surface area contributed by atoms with Crippen LogP contribution in [0.3, 0.4) is 0 Å². The lowest BCUT2D eigenvalue weighted by Crippen LogP contribution is -2.48. The largest absolute Gasteiger partial charge is 0.480 e. The molecule has 0 spiro atoms. The van der Waals surface area contributed by atoms with Gasteiger partial charge in [-0.15, -0.1) is 0 Å². The average molecular weight is 273 g/mol. The van der Waals surface area contributed by atoms with Gasteiger partial charge in [0.2, 0.25) is 0 Å². The van der Waals surface area contributed by atoms with Crippen molar-refractivity contribution in [3.8, 4) is 0 Å². The molecule has 0 bridgehead atoms. The number of aliphatic carboxylic acids is 1. The maximum atomic E-state index is 11.5. The number of carboxylic acid groups (broad SMARTS) is 1. The monoisotopic (exact) mass is 273 g/mol. The number of urea groups is 1. The van der Waals surface area contributed by atoms with Crippen molar-refractivity contribution in [2.24, 2.45) is 5.92 Å². The first kappa shape index (κ1) is 17.7. The smallest absolute Gasteiger partial charge is 0.326 e. The summed E-state index contributed by atoms with van der Waals surface area (Å²) in [5.74, 6) is -1.15. The van der Waals surface area contributed by atoms with Gasteiger partial charge >= 0.3 is 12.0 Å². The molecule has 0 fully saturated rings. The predicted octanol–water partition coefficient (Wildman–Crippen LogP) is 1.13. The number of carbonyl (C=O) groups excluding carboxylic acids is 1. The van der Waals surface area contributed by atoms with E-state index < -0.39 is 18.0 Å². The Balaban J connectivity index is 3.89. The van der Waals surface area contributed by atoms with E-state index in [1.165, 1.54) is 0 Å². The Labute approximate surface area is 115 Å². The van der Waals surface area contributed by atoms with E-state index in [0.29, 0.717) is 6.54 Å². The molecule has 1 atom stereocenters. The highest BCUT2D eigenvalue weighted by Crippen LogP contribution is 2.01. The van der Waals surface area contributed by atoms with Crippen LogP contribution in [0.25, 0.3) is 0 Å². The summed E-state index contributed by atoms with van der Waals surface area (Å²) in [6.45, 7) is 11.2. The fourth-order valence-electron chi connectivity index (χ4n) is 1.75. The molecule has 6 nitrogen and oxygen atoms in total. The third kappa shape index (κ3) is 7.66. The maximum Gasteiger partial charge on any atom is 0.326 e. The Bertz CT molecular complexity index is 278. The zero-order valence-electron chi connectivity index (χ0n) is 12.4. The number of nitrogens with zero attached hydrogens (tertiary/aromatic N) is 1. The van der Waals surface area contributed by atoms with Crippen molar-refractivity contribution in [3.05, 3.63) is 0 Å². The second-order valence-corrected chi connectivity index (χ2v) is 4.84. The van der Waals surface area contributed by atoms with Gasteiger partial charge in [-0.2, -0.15) is 0 Å². The van der Waals surface area contributed by atoms with Crippen molar-refractivity contribution in [1.29, 1.82) is 0 Å². The molecule has 3 N–H and O–H groups in total. The molecular formula is C13H27N3O3. The number of nitrogens with one attached hydrogen (secondary N) is 2. The van der Waals surface area contributed by atoms with E-state index in [1.54, 1.807) is 13.8 Å². The van der Waals surface area contributed by atoms with Crippen LogP contribution in [-0.4, -0.2) is 54.2 Å². The fraction of sp³-hybridized carbons (Fsp3) is 0.846. The van der Waals surface area contributed by atoms with Crippen molar-refractivity contribution < 1.29 is 14.7 Å². The minimum Gasteiger partial charge on any atom is -0.480 e. The number of amides is 2. The molecule has 0 rings (SSSR count). The van der Waals surface area contributed by atoms with Gasteiger partial charge in [-0.25, -0.2) is 9.59 Å². The van der Waals surface area contributed by atoms with Crippen LogP contribution in [0.2, 0.25) is 0 Å². The van der Waals surface area contributed by atoms with Gasteiger partial charge in [0.25, 0.3) is 0 Å². The quantitative estimate of drug-likeness (QED) is 0.550. The van der Waals surface area contributed by atoms with Crippen molar-refractivity contribution in [2.45, 2.75) is 40.2 Å². The fourth-order valence-corrected chi connectivity index (χ4v) is 1.75. The highest BCUT2D eigenvalue weighted by atomic mass is 16.4. The highest BCUT2D eigenvalue weighted by Gasteiger charge is 2.22. The molecule has 0 saturated heterocycles. The molecule has 0 heterocycles. The Morgan fingerprint density at radius 3 is 2.21 bits per heavy atom. The van der Waals surface area contributed by atoms with E-state index in [9.17, 15) is 9.59 Å². The molecule has 0 aliphatic heterocycles. The summed E-state index contributed by atoms with van der Waals surface area (Å²) in [5, 5.41) is 14.1. The van der Waals surface area contributed by atoms with Crippen LogP contribution in [0.15, 0.2) is 0 Å². The van der Waals surface area contributed by atoms with Gasteiger partial charge in [0, 0.05) is 6.54 Å². The summed E-state index contributed by atoms with van der Waals surface area (Å²) in [6, 6.07) is -1.26. The topological polar surface area (TPSA) is 81.7 Å². The van der Waals surface area contributed by atoms with E-state index in [4.69, 9.17) is 5.11 Å². The number of rotatable bonds is 9. The van der Waals surface area contributed by atoms with E-state index in [2.05, 4.69) is 29.4 Å². The lowest BCUT2D eigenvalue weighted by molar-refractivity contribution is -0.140. The van der Waals surface area contributed by atoms with Gasteiger partial charge in [-0.05, 0) is 32.0 Å². The molecule has 2 amide bonds. The molecule has 0 saturated carbocycles. The maximum absolute atomic E-state index is 11.5. The third-order valence-electron chi connectivity index (χ3n) is 3.05. The van der Waals surface area contributed by atoms with Crippen LogP contribution in [0, 0.1) is 5.92 Å². The number of hydrogen-bond acceptors (Lipinski definition) is 3. The summed E-state index contributed by atoms with van der Waals surface area (Å²) >= 11 is 0. The molecular weight excluding hydrogens is 246 g/mol. The molecule has 0 radical (unpaired) electrons. The van der Waals surface area contributed by atoms with Gasteiger partial charge in [0.05, 0.1) is 0 Å². The number of carboxylic acids is 1. The Kier molecular flexibility index (Phi) is 8.95. The molecule has 0 aliphatic rings. The molecule has 6 heteroatoms. The first-order valence-electron chi connectivity index (χ1n) is 6.91. The van der Waals surface area contributed by atoms with Crippen LogP contribution in [0.1, 0.15) is 34.1 Å². The van der Waals surface area contributed by atoms with Gasteiger partial charge in [-0.1, -0.05) is 27.7 Å². The predicted molar refractivity (Wildman–Crippen MR) is 75.2 cm³/mol. The summed E-state index contributed by atoms with van der Waals surface area (Å²) < 4.78 is 0. The first-order valence-corrected chi connectivity index (χ1v) is 6.91. The van der Waals surface area contributed by atoms with E-state index in [1.807, 2.05) is 0 Å². The molecule has 0 aliphatic carbocycles. The molecule has 19 heavy (non-hydrogen) atoms. The van der Waals surface area contributed by atoms with Crippen LogP contribution in [-0.2, 0) is 4.79 Å². The van der Waals surface area contributed by atoms with Crippen LogP contribution in [0.4, 0.5) is 4.79 Å². The van der Waals surface area contributed by atoms with Crippen LogP contribution < -0.4 is 10.6 Å². The van der Waals surface area contributed by atoms with Gasteiger partial charge in [0.1, 0.15) is 6.04 Å². The number of hydrogen-bond donors (Lipinski definition) is 3. The van der Waals surface area contributed by atoms with Crippen molar-refractivity contribution in [1.82, 2.24) is 15.5 Å². The number of carbonyl (C=O) groups is 2. The first-order chi connectivity index (χ1) is 8.92. The molecule has 0 aromatic carbocycles. The van der Waals surface area contributed by atoms with Crippen molar-refractivity contribution in [2.75, 3.05) is 26.2 Å². The van der Waals surface area contributed by atoms with E-state index >= 15 is 0 Å². The lowest BCUT2D eigenvalue weighted by Gasteiger charge is -2.19. The summed E-state index contributed by atoms with van der Waals surface area (Å²) in [4.78, 5) is 24.7. The zero-order chi connectivity index (χ0) is 14.8. The van der Waals surface area contributed by atoms with E-state index in [-0.39, 0.29) is 5.92 Å². The second kappa shape index (κ2) is 9.61. The summed E-state index contributed by atoms with van der Waals surface area (Å²) in [7, 11) is 0. The summed E-state index contributed by atoms with van der Waals surface area (Å²) in [6.07, 6.45) is 0.856. The zero-order valence-corrected chi connectivity index (χ0v) is 12.4. The highest BCUT2D eigenvalue weighted by molar-refractivity contribution is 5.82. The standard InChI is InChI=1S/C13H27N3O3/c1-5-16(6-2)9-7-8-14-13(19)15-11(10(3)4)12(17)18/h10-11H,5-9H2,1-4H3,(H,17,18)(H2,14,15,19)/t11-/m1/s1. The van der Waals surface area contributed by atoms with Crippen LogP contribution >= 0.6 is 0 Å². The van der Waals surface area contributed by atoms with Crippen LogP contribution in [0.5, 0.6) is 0 Å². The van der Waals surface area contributed by atoms with Gasteiger partial charge in [0.15, 0.2) is 0 Å². The van der Waals surface area contributed by atoms with Crippen molar-refractivity contribution >= 4 is 12.0 Å². The average Bonchev–Trinajstić information content (AvgIpc) is 2.35. The minimum absolute atomic E-state index is 0.140. The molecule has 0 aromatic rings. The normalized spacial score (nSPS) is 12.5. The van der Waals surface area contributed by atoms with Gasteiger partial charge < -0.3 is 20.6 Å². The Hall–Kier alpha value is -1.30. The molecule has 0 unspecified atom stereocenters. The lowest BCUT2D eigenvalue weighted by atomic mass is 10.1. The molecule has 112 valence electrons. The van der Waals surface area contributed by atoms with Gasteiger partial charge in [-0.3, -0.25) is 0 Å². The van der Waals surface area contributed by atoms with Crippen molar-refractivity contribution in [3.63, 3.8) is 0 Å². The molecule has 0 aromatic heterocycles. The minimum atomic E-state index is -1.01. The second-order valence-electron chi connectivity index (χ2n) is 4.84. The third-order valence-corrected chi connectivity index (χ3v) is 3.05. The SMILES string of the molecule is CCN(CC)CCCNC(=O)N[C@@H](C(=O)O)C(C)C. The Morgan fingerprint density at radius 2 is 1.79 bits per heavy atom. The van der Waals surface area contributed by atoms with E-state index in [0.717, 1.165) is 26.1 Å². The summed E-state index contributed by atoms with van der Waals surface area (Å²) in [5.41, 5.74) is 0.